The van der Waals surface area contributed by atoms with Crippen molar-refractivity contribution in [2.75, 3.05) is 72.1 Å². The summed E-state index contributed by atoms with van der Waals surface area (Å²) >= 11 is 0. The number of morpholine rings is 1. The molecule has 0 bridgehead atoms. The third kappa shape index (κ3) is 6.56. The SMILES string of the molecule is N#CCCN(Cc1ccco1)C(=O)CN1CCN(CC(=O)N2CCOCC2)CC1. The minimum atomic E-state index is -0.00510. The second-order valence-electron chi connectivity index (χ2n) is 7.35. The highest BCUT2D eigenvalue weighted by molar-refractivity contribution is 5.79. The minimum absolute atomic E-state index is 0.00510. The van der Waals surface area contributed by atoms with E-state index < -0.39 is 0 Å². The van der Waals surface area contributed by atoms with Crippen molar-refractivity contribution >= 4 is 11.8 Å². The van der Waals surface area contributed by atoms with Gasteiger partial charge in [-0.2, -0.15) is 5.26 Å². The predicted octanol–water partition coefficient (Wildman–Crippen LogP) is -0.00172. The van der Waals surface area contributed by atoms with Gasteiger partial charge in [-0.05, 0) is 12.1 Å². The maximum Gasteiger partial charge on any atom is 0.237 e. The maximum atomic E-state index is 12.8. The van der Waals surface area contributed by atoms with Gasteiger partial charge >= 0.3 is 0 Å². The number of piperazine rings is 1. The van der Waals surface area contributed by atoms with Crippen molar-refractivity contribution in [1.29, 1.82) is 5.26 Å². The van der Waals surface area contributed by atoms with Gasteiger partial charge in [-0.25, -0.2) is 0 Å². The van der Waals surface area contributed by atoms with E-state index >= 15 is 0 Å². The molecule has 0 unspecified atom stereocenters. The van der Waals surface area contributed by atoms with Gasteiger partial charge in [0.1, 0.15) is 5.76 Å². The molecule has 9 heteroatoms. The number of carbonyl (C=O) groups excluding carboxylic acids is 2. The molecule has 29 heavy (non-hydrogen) atoms. The first kappa shape index (κ1) is 21.3. The van der Waals surface area contributed by atoms with Gasteiger partial charge in [0.25, 0.3) is 0 Å². The van der Waals surface area contributed by atoms with Gasteiger partial charge in [0, 0.05) is 45.8 Å². The molecule has 0 spiro atoms. The molecule has 0 N–H and O–H groups in total. The number of rotatable bonds is 8. The Hall–Kier alpha value is -2.41. The number of nitrogens with zero attached hydrogens (tertiary/aromatic N) is 5. The lowest BCUT2D eigenvalue weighted by atomic mass is 10.2. The number of hydrogen-bond donors (Lipinski definition) is 0. The van der Waals surface area contributed by atoms with Gasteiger partial charge in [-0.1, -0.05) is 0 Å². The van der Waals surface area contributed by atoms with Crippen LogP contribution < -0.4 is 0 Å². The van der Waals surface area contributed by atoms with Crippen molar-refractivity contribution in [3.8, 4) is 6.07 Å². The summed E-state index contributed by atoms with van der Waals surface area (Å²) in [5.74, 6) is 0.858. The van der Waals surface area contributed by atoms with E-state index in [2.05, 4.69) is 15.9 Å². The van der Waals surface area contributed by atoms with E-state index in [9.17, 15) is 9.59 Å². The molecule has 1 aromatic heterocycles. The standard InChI is InChI=1S/C20H29N5O4/c21-4-2-5-25(15-18-3-1-12-29-18)20(27)17-23-8-6-22(7-9-23)16-19(26)24-10-13-28-14-11-24/h1,3,12H,2,5-11,13-17H2. The van der Waals surface area contributed by atoms with E-state index in [4.69, 9.17) is 14.4 Å². The molecule has 3 rings (SSSR count). The van der Waals surface area contributed by atoms with E-state index in [-0.39, 0.29) is 11.8 Å². The van der Waals surface area contributed by atoms with Crippen molar-refractivity contribution < 1.29 is 18.7 Å². The third-order valence-corrected chi connectivity index (χ3v) is 5.32. The van der Waals surface area contributed by atoms with E-state index in [1.807, 2.05) is 11.0 Å². The molecule has 9 nitrogen and oxygen atoms in total. The highest BCUT2D eigenvalue weighted by Gasteiger charge is 2.25. The van der Waals surface area contributed by atoms with E-state index in [0.29, 0.717) is 64.7 Å². The molecule has 0 aliphatic carbocycles. The average molecular weight is 403 g/mol. The summed E-state index contributed by atoms with van der Waals surface area (Å²) in [6.45, 7) is 7.09. The molecule has 0 aromatic carbocycles. The number of ether oxygens (including phenoxy) is 1. The van der Waals surface area contributed by atoms with Crippen LogP contribution in [-0.4, -0.2) is 104 Å². The quantitative estimate of drug-likeness (QED) is 0.603. The average Bonchev–Trinajstić information content (AvgIpc) is 3.26. The zero-order valence-electron chi connectivity index (χ0n) is 16.8. The van der Waals surface area contributed by atoms with Gasteiger partial charge in [0.15, 0.2) is 0 Å². The predicted molar refractivity (Wildman–Crippen MR) is 105 cm³/mol. The number of carbonyl (C=O) groups is 2. The first-order valence-corrected chi connectivity index (χ1v) is 10.1. The lowest BCUT2D eigenvalue weighted by molar-refractivity contribution is -0.138. The molecule has 0 saturated carbocycles. The molecule has 0 atom stereocenters. The zero-order chi connectivity index (χ0) is 20.5. The van der Waals surface area contributed by atoms with Crippen LogP contribution in [0.15, 0.2) is 22.8 Å². The van der Waals surface area contributed by atoms with Crippen molar-refractivity contribution in [3.63, 3.8) is 0 Å². The maximum absolute atomic E-state index is 12.8. The lowest BCUT2D eigenvalue weighted by Gasteiger charge is -2.36. The van der Waals surface area contributed by atoms with Gasteiger partial charge in [0.2, 0.25) is 11.8 Å². The summed E-state index contributed by atoms with van der Waals surface area (Å²) in [5, 5.41) is 8.87. The topological polar surface area (TPSA) is 93.3 Å². The zero-order valence-corrected chi connectivity index (χ0v) is 16.8. The van der Waals surface area contributed by atoms with Crippen LogP contribution >= 0.6 is 0 Å². The highest BCUT2D eigenvalue weighted by atomic mass is 16.5. The largest absolute Gasteiger partial charge is 0.467 e. The summed E-state index contributed by atoms with van der Waals surface area (Å²) < 4.78 is 10.6. The van der Waals surface area contributed by atoms with Crippen LogP contribution in [0.25, 0.3) is 0 Å². The Morgan fingerprint density at radius 3 is 2.38 bits per heavy atom. The molecule has 3 heterocycles. The van der Waals surface area contributed by atoms with Crippen LogP contribution in [-0.2, 0) is 20.9 Å². The van der Waals surface area contributed by atoms with Gasteiger partial charge < -0.3 is 19.0 Å². The lowest BCUT2D eigenvalue weighted by Crippen LogP contribution is -2.53. The summed E-state index contributed by atoms with van der Waals surface area (Å²) in [5.41, 5.74) is 0. The molecule has 0 radical (unpaired) electrons. The summed E-state index contributed by atoms with van der Waals surface area (Å²) in [7, 11) is 0. The van der Waals surface area contributed by atoms with Crippen LogP contribution in [0.3, 0.4) is 0 Å². The Balaban J connectivity index is 1.42. The Bertz CT molecular complexity index is 688. The molecule has 2 aliphatic rings. The molecule has 2 saturated heterocycles. The normalized spacial score (nSPS) is 18.4. The van der Waals surface area contributed by atoms with Crippen molar-refractivity contribution in [2.45, 2.75) is 13.0 Å². The van der Waals surface area contributed by atoms with Crippen molar-refractivity contribution in [3.05, 3.63) is 24.2 Å². The fraction of sp³-hybridized carbons (Fsp3) is 0.650. The molecular weight excluding hydrogens is 374 g/mol. The molecule has 2 amide bonds. The molecule has 158 valence electrons. The monoisotopic (exact) mass is 403 g/mol. The van der Waals surface area contributed by atoms with Crippen LogP contribution in [0.2, 0.25) is 0 Å². The fourth-order valence-electron chi connectivity index (χ4n) is 3.57. The van der Waals surface area contributed by atoms with Crippen molar-refractivity contribution in [2.24, 2.45) is 0 Å². The number of nitriles is 1. The Labute approximate surface area is 171 Å². The Morgan fingerprint density at radius 1 is 1.07 bits per heavy atom. The van der Waals surface area contributed by atoms with Crippen LogP contribution in [0.4, 0.5) is 0 Å². The molecular formula is C20H29N5O4. The van der Waals surface area contributed by atoms with Crippen LogP contribution in [0.5, 0.6) is 0 Å². The van der Waals surface area contributed by atoms with E-state index in [0.717, 1.165) is 26.2 Å². The van der Waals surface area contributed by atoms with Gasteiger partial charge in [-0.15, -0.1) is 0 Å². The molecule has 2 aliphatic heterocycles. The summed E-state index contributed by atoms with van der Waals surface area (Å²) in [4.78, 5) is 32.9. The summed E-state index contributed by atoms with van der Waals surface area (Å²) in [6.07, 6.45) is 1.88. The van der Waals surface area contributed by atoms with Gasteiger partial charge in [0.05, 0.1) is 51.6 Å². The van der Waals surface area contributed by atoms with Gasteiger partial charge in [-0.3, -0.25) is 19.4 Å². The molecule has 1 aromatic rings. The number of hydrogen-bond acceptors (Lipinski definition) is 7. The second kappa shape index (κ2) is 11.0. The Kier molecular flexibility index (Phi) is 8.04. The smallest absolute Gasteiger partial charge is 0.237 e. The first-order valence-electron chi connectivity index (χ1n) is 10.1. The number of amides is 2. The van der Waals surface area contributed by atoms with E-state index in [1.165, 1.54) is 0 Å². The Morgan fingerprint density at radius 2 is 1.76 bits per heavy atom. The second-order valence-corrected chi connectivity index (χ2v) is 7.35. The summed E-state index contributed by atoms with van der Waals surface area (Å²) in [6, 6.07) is 5.72. The van der Waals surface area contributed by atoms with Crippen molar-refractivity contribution in [1.82, 2.24) is 19.6 Å². The van der Waals surface area contributed by atoms with Crippen LogP contribution in [0.1, 0.15) is 12.2 Å². The fourth-order valence-corrected chi connectivity index (χ4v) is 3.57. The molecule has 2 fully saturated rings. The highest BCUT2D eigenvalue weighted by Crippen LogP contribution is 2.09. The number of furan rings is 1. The van der Waals surface area contributed by atoms with Crippen LogP contribution in [0, 0.1) is 11.3 Å². The third-order valence-electron chi connectivity index (χ3n) is 5.32. The minimum Gasteiger partial charge on any atom is -0.467 e. The first-order chi connectivity index (χ1) is 14.2. The van der Waals surface area contributed by atoms with E-state index in [1.54, 1.807) is 17.2 Å².